The molecule has 2 aromatic carbocycles. The van der Waals surface area contributed by atoms with E-state index in [4.69, 9.17) is 10.9 Å². The first-order valence-electron chi connectivity index (χ1n) is 6.92. The first-order chi connectivity index (χ1) is 10.6. The average molecular weight is 292 g/mol. The highest BCUT2D eigenvalue weighted by Crippen LogP contribution is 2.23. The van der Waals surface area contributed by atoms with Crippen LogP contribution in [0.4, 0.5) is 0 Å². The number of fused-ring (bicyclic) bond motifs is 1. The van der Waals surface area contributed by atoms with Gasteiger partial charge in [0.1, 0.15) is 5.75 Å². The summed E-state index contributed by atoms with van der Waals surface area (Å²) in [4.78, 5) is 0. The maximum atomic E-state index is 10.0. The summed E-state index contributed by atoms with van der Waals surface area (Å²) in [7, 11) is 0. The predicted molar refractivity (Wildman–Crippen MR) is 85.9 cm³/mol. The number of amidine groups is 1. The molecule has 0 saturated heterocycles. The zero-order valence-corrected chi connectivity index (χ0v) is 12.2. The zero-order valence-electron chi connectivity index (χ0n) is 12.2. The van der Waals surface area contributed by atoms with Gasteiger partial charge in [0, 0.05) is 28.2 Å². The van der Waals surface area contributed by atoms with E-state index in [1.165, 1.54) is 0 Å². The molecule has 0 aliphatic carbocycles. The second kappa shape index (κ2) is 5.44. The summed E-state index contributed by atoms with van der Waals surface area (Å²) >= 11 is 0. The normalized spacial score (nSPS) is 10.8. The van der Waals surface area contributed by atoms with E-state index in [9.17, 15) is 5.11 Å². The number of phenols is 1. The highest BCUT2D eigenvalue weighted by molar-refractivity contribution is 5.99. The second-order valence-corrected chi connectivity index (χ2v) is 5.31. The molecule has 1 aromatic heterocycles. The van der Waals surface area contributed by atoms with Crippen molar-refractivity contribution in [2.45, 2.75) is 13.5 Å². The van der Waals surface area contributed by atoms with Crippen LogP contribution in [0, 0.1) is 17.9 Å². The number of aromatic hydroxyl groups is 1. The molecule has 0 aliphatic rings. The van der Waals surface area contributed by atoms with E-state index in [2.05, 4.69) is 5.11 Å². The van der Waals surface area contributed by atoms with Crippen LogP contribution in [0.1, 0.15) is 16.7 Å². The van der Waals surface area contributed by atoms with Gasteiger partial charge in [-0.2, -0.15) is 0 Å². The lowest BCUT2D eigenvalue weighted by molar-refractivity contribution is 0.466. The number of rotatable bonds is 3. The van der Waals surface area contributed by atoms with Crippen LogP contribution in [0.15, 0.2) is 53.8 Å². The monoisotopic (exact) mass is 292 g/mol. The number of aromatic nitrogens is 1. The van der Waals surface area contributed by atoms with Gasteiger partial charge in [0.2, 0.25) is 0 Å². The second-order valence-electron chi connectivity index (χ2n) is 5.31. The molecule has 0 unspecified atom stereocenters. The molecule has 5 heteroatoms. The molecule has 3 rings (SSSR count). The Morgan fingerprint density at radius 2 is 2.00 bits per heavy atom. The third-order valence-electron chi connectivity index (χ3n) is 3.74. The molecule has 0 bridgehead atoms. The summed E-state index contributed by atoms with van der Waals surface area (Å²) in [6.45, 7) is 2.53. The number of aryl methyl sites for hydroxylation is 1. The molecule has 5 nitrogen and oxygen atoms in total. The molecule has 3 N–H and O–H groups in total. The molecular weight excluding hydrogens is 276 g/mol. The van der Waals surface area contributed by atoms with Gasteiger partial charge in [0.15, 0.2) is 5.84 Å². The van der Waals surface area contributed by atoms with Crippen molar-refractivity contribution in [2.24, 2.45) is 5.11 Å². The summed E-state index contributed by atoms with van der Waals surface area (Å²) in [6.07, 6.45) is 1.95. The molecule has 0 fully saturated rings. The van der Waals surface area contributed by atoms with Crippen molar-refractivity contribution in [1.82, 2.24) is 4.57 Å². The van der Waals surface area contributed by atoms with Crippen LogP contribution < -0.4 is 0 Å². The molecule has 0 amide bonds. The number of benzene rings is 2. The Bertz CT molecular complexity index is 879. The molecule has 0 spiro atoms. The Labute approximate surface area is 127 Å². The van der Waals surface area contributed by atoms with Crippen LogP contribution >= 0.6 is 0 Å². The standard InChI is InChI=1S/C17H16N4O/c1-11-2-3-14(16(22)8-11)10-21-7-6-12-9-13(17(18)20-19)4-5-15(12)21/h2-9,18-19,22H,10H2,1H3. The van der Waals surface area contributed by atoms with Gasteiger partial charge in [-0.3, -0.25) is 5.41 Å². The van der Waals surface area contributed by atoms with Crippen LogP contribution in [-0.2, 0) is 6.54 Å². The molecular formula is C17H16N4O. The van der Waals surface area contributed by atoms with Crippen LogP contribution in [0.3, 0.4) is 0 Å². The van der Waals surface area contributed by atoms with Crippen molar-refractivity contribution in [2.75, 3.05) is 0 Å². The topological polar surface area (TPSA) is 85.2 Å². The lowest BCUT2D eigenvalue weighted by Crippen LogP contribution is -1.99. The van der Waals surface area contributed by atoms with E-state index in [-0.39, 0.29) is 5.84 Å². The SMILES string of the molecule is Cc1ccc(Cn2ccc3cc(C(=N)N=N)ccc32)c(O)c1. The Kier molecular flexibility index (Phi) is 3.47. The zero-order chi connectivity index (χ0) is 15.7. The van der Waals surface area contributed by atoms with Gasteiger partial charge >= 0.3 is 0 Å². The third-order valence-corrected chi connectivity index (χ3v) is 3.74. The lowest BCUT2D eigenvalue weighted by atomic mass is 10.1. The smallest absolute Gasteiger partial charge is 0.173 e. The van der Waals surface area contributed by atoms with Gasteiger partial charge in [-0.15, -0.1) is 5.11 Å². The minimum absolute atomic E-state index is 0.0502. The number of nitrogens with zero attached hydrogens (tertiary/aromatic N) is 2. The number of nitrogens with one attached hydrogen (secondary N) is 2. The van der Waals surface area contributed by atoms with E-state index in [0.29, 0.717) is 17.9 Å². The van der Waals surface area contributed by atoms with E-state index in [1.807, 2.05) is 48.0 Å². The Morgan fingerprint density at radius 3 is 2.73 bits per heavy atom. The van der Waals surface area contributed by atoms with Gasteiger partial charge in [-0.05, 0) is 42.8 Å². The molecule has 0 saturated carbocycles. The highest BCUT2D eigenvalue weighted by atomic mass is 16.3. The Balaban J connectivity index is 1.98. The van der Waals surface area contributed by atoms with E-state index in [0.717, 1.165) is 22.0 Å². The first kappa shape index (κ1) is 14.0. The third kappa shape index (κ3) is 2.48. The quantitative estimate of drug-likeness (QED) is 0.379. The van der Waals surface area contributed by atoms with E-state index in [1.54, 1.807) is 12.1 Å². The fraction of sp³-hybridized carbons (Fsp3) is 0.118. The van der Waals surface area contributed by atoms with Gasteiger partial charge < -0.3 is 9.67 Å². The molecule has 22 heavy (non-hydrogen) atoms. The van der Waals surface area contributed by atoms with Crippen LogP contribution in [-0.4, -0.2) is 15.5 Å². The fourth-order valence-electron chi connectivity index (χ4n) is 2.54. The largest absolute Gasteiger partial charge is 0.508 e. The first-order valence-corrected chi connectivity index (χ1v) is 6.92. The summed E-state index contributed by atoms with van der Waals surface area (Å²) in [5.41, 5.74) is 10.4. The maximum Gasteiger partial charge on any atom is 0.173 e. The summed E-state index contributed by atoms with van der Waals surface area (Å²) in [6, 6.07) is 13.2. The summed E-state index contributed by atoms with van der Waals surface area (Å²) in [5.74, 6) is 0.249. The molecule has 0 radical (unpaired) electrons. The maximum absolute atomic E-state index is 10.0. The minimum atomic E-state index is -0.0502. The van der Waals surface area contributed by atoms with Gasteiger partial charge in [0.25, 0.3) is 0 Å². The molecule has 0 aliphatic heterocycles. The van der Waals surface area contributed by atoms with Crippen molar-refractivity contribution in [1.29, 1.82) is 10.9 Å². The van der Waals surface area contributed by atoms with Crippen molar-refractivity contribution in [3.05, 3.63) is 65.4 Å². The lowest BCUT2D eigenvalue weighted by Gasteiger charge is -2.09. The fourth-order valence-corrected chi connectivity index (χ4v) is 2.54. The molecule has 3 aromatic rings. The predicted octanol–water partition coefficient (Wildman–Crippen LogP) is 4.06. The van der Waals surface area contributed by atoms with E-state index >= 15 is 0 Å². The number of phenolic OH excluding ortho intramolecular Hbond substituents is 1. The number of hydrogen-bond acceptors (Lipinski definition) is 3. The van der Waals surface area contributed by atoms with E-state index < -0.39 is 0 Å². The van der Waals surface area contributed by atoms with Crippen molar-refractivity contribution in [3.8, 4) is 5.75 Å². The average Bonchev–Trinajstić information content (AvgIpc) is 2.91. The highest BCUT2D eigenvalue weighted by Gasteiger charge is 2.07. The van der Waals surface area contributed by atoms with Gasteiger partial charge in [-0.25, -0.2) is 5.53 Å². The summed E-state index contributed by atoms with van der Waals surface area (Å²) in [5, 5.41) is 21.8. The molecule has 110 valence electrons. The van der Waals surface area contributed by atoms with Crippen LogP contribution in [0.2, 0.25) is 0 Å². The summed E-state index contributed by atoms with van der Waals surface area (Å²) < 4.78 is 2.05. The van der Waals surface area contributed by atoms with Crippen molar-refractivity contribution in [3.63, 3.8) is 0 Å². The Hall–Kier alpha value is -2.95. The van der Waals surface area contributed by atoms with Crippen LogP contribution in [0.5, 0.6) is 5.75 Å². The number of hydrogen-bond donors (Lipinski definition) is 3. The van der Waals surface area contributed by atoms with Gasteiger partial charge in [0.05, 0.1) is 6.54 Å². The minimum Gasteiger partial charge on any atom is -0.508 e. The molecule has 1 heterocycles. The Morgan fingerprint density at radius 1 is 1.18 bits per heavy atom. The van der Waals surface area contributed by atoms with Crippen LogP contribution in [0.25, 0.3) is 10.9 Å². The van der Waals surface area contributed by atoms with Gasteiger partial charge in [-0.1, -0.05) is 12.1 Å². The van der Waals surface area contributed by atoms with Crippen molar-refractivity contribution >= 4 is 16.7 Å². The van der Waals surface area contributed by atoms with Crippen molar-refractivity contribution < 1.29 is 5.11 Å². The molecule has 0 atom stereocenters.